The molecule has 2 atom stereocenters. The van der Waals surface area contributed by atoms with Gasteiger partial charge in [-0.25, -0.2) is 4.39 Å². The summed E-state index contributed by atoms with van der Waals surface area (Å²) in [5.74, 6) is -0.856. The van der Waals surface area contributed by atoms with Crippen LogP contribution in [0.4, 0.5) is 4.39 Å². The fourth-order valence-corrected chi connectivity index (χ4v) is 2.26. The number of nitrogens with one attached hydrogen (secondary N) is 1. The van der Waals surface area contributed by atoms with E-state index < -0.39 is 11.9 Å². The molecule has 0 saturated carbocycles. The molecule has 0 aromatic heterocycles. The highest BCUT2D eigenvalue weighted by Crippen LogP contribution is 2.20. The molecule has 0 unspecified atom stereocenters. The van der Waals surface area contributed by atoms with Crippen molar-refractivity contribution in [3.05, 3.63) is 35.6 Å². The third kappa shape index (κ3) is 4.01. The number of nitrogens with zero attached hydrogens (tertiary/aromatic N) is 1. The molecule has 1 heterocycles. The van der Waals surface area contributed by atoms with Gasteiger partial charge in [-0.2, -0.15) is 0 Å². The minimum atomic E-state index is -0.448. The molecule has 1 aromatic rings. The van der Waals surface area contributed by atoms with Crippen LogP contribution in [0.5, 0.6) is 0 Å². The summed E-state index contributed by atoms with van der Waals surface area (Å²) in [7, 11) is 3.37. The van der Waals surface area contributed by atoms with E-state index in [1.807, 2.05) is 0 Å². The summed E-state index contributed by atoms with van der Waals surface area (Å²) >= 11 is 0. The number of halogens is 1. The first-order valence-electron chi connectivity index (χ1n) is 6.88. The molecule has 1 fully saturated rings. The predicted octanol–water partition coefficient (Wildman–Crippen LogP) is 1.19. The van der Waals surface area contributed by atoms with Gasteiger partial charge in [-0.15, -0.1) is 0 Å². The number of hydrogen-bond acceptors (Lipinski definition) is 3. The van der Waals surface area contributed by atoms with Gasteiger partial charge in [0.1, 0.15) is 11.9 Å². The molecule has 6 heteroatoms. The van der Waals surface area contributed by atoms with E-state index in [1.54, 1.807) is 20.2 Å². The highest BCUT2D eigenvalue weighted by molar-refractivity contribution is 5.94. The molecule has 1 N–H and O–H groups in total. The van der Waals surface area contributed by atoms with Crippen molar-refractivity contribution in [3.8, 4) is 0 Å². The molecule has 1 saturated heterocycles. The van der Waals surface area contributed by atoms with Crippen LogP contribution in [-0.2, 0) is 9.53 Å². The van der Waals surface area contributed by atoms with Crippen LogP contribution >= 0.6 is 0 Å². The van der Waals surface area contributed by atoms with Crippen LogP contribution in [0.1, 0.15) is 23.2 Å². The van der Waals surface area contributed by atoms with Gasteiger partial charge in [-0.1, -0.05) is 6.07 Å². The average molecular weight is 294 g/mol. The van der Waals surface area contributed by atoms with Crippen LogP contribution < -0.4 is 5.32 Å². The molecule has 21 heavy (non-hydrogen) atoms. The van der Waals surface area contributed by atoms with Gasteiger partial charge in [-0.05, 0) is 31.0 Å². The number of ether oxygens (including phenoxy) is 1. The smallest absolute Gasteiger partial charge is 0.251 e. The zero-order valence-electron chi connectivity index (χ0n) is 12.1. The Labute approximate surface area is 123 Å². The summed E-state index contributed by atoms with van der Waals surface area (Å²) in [5.41, 5.74) is 0.272. The van der Waals surface area contributed by atoms with Gasteiger partial charge < -0.3 is 15.0 Å². The van der Waals surface area contributed by atoms with Crippen molar-refractivity contribution in [2.24, 2.45) is 0 Å². The van der Waals surface area contributed by atoms with E-state index >= 15 is 0 Å². The van der Waals surface area contributed by atoms with E-state index in [1.165, 1.54) is 23.1 Å². The second kappa shape index (κ2) is 6.67. The van der Waals surface area contributed by atoms with E-state index in [-0.39, 0.29) is 23.5 Å². The van der Waals surface area contributed by atoms with Gasteiger partial charge in [-0.3, -0.25) is 9.59 Å². The Kier molecular flexibility index (Phi) is 4.90. The summed E-state index contributed by atoms with van der Waals surface area (Å²) in [6.07, 6.45) is 0.748. The van der Waals surface area contributed by atoms with Crippen molar-refractivity contribution in [2.75, 3.05) is 20.6 Å². The Morgan fingerprint density at radius 3 is 2.81 bits per heavy atom. The fourth-order valence-electron chi connectivity index (χ4n) is 2.26. The van der Waals surface area contributed by atoms with Crippen LogP contribution in [0.2, 0.25) is 0 Å². The van der Waals surface area contributed by atoms with Crippen molar-refractivity contribution in [3.63, 3.8) is 0 Å². The highest BCUT2D eigenvalue weighted by atomic mass is 19.1. The maximum atomic E-state index is 13.0. The quantitative estimate of drug-likeness (QED) is 0.907. The average Bonchev–Trinajstić information content (AvgIpc) is 2.92. The number of hydrogen-bond donors (Lipinski definition) is 1. The lowest BCUT2D eigenvalue weighted by atomic mass is 10.1. The van der Waals surface area contributed by atoms with E-state index in [2.05, 4.69) is 5.32 Å². The second-order valence-corrected chi connectivity index (χ2v) is 5.28. The molecule has 1 aliphatic rings. The van der Waals surface area contributed by atoms with Gasteiger partial charge in [0, 0.05) is 26.2 Å². The zero-order chi connectivity index (χ0) is 15.4. The maximum absolute atomic E-state index is 13.0. The predicted molar refractivity (Wildman–Crippen MR) is 75.3 cm³/mol. The van der Waals surface area contributed by atoms with E-state index in [4.69, 9.17) is 4.74 Å². The van der Waals surface area contributed by atoms with Crippen molar-refractivity contribution in [1.82, 2.24) is 10.2 Å². The second-order valence-electron chi connectivity index (χ2n) is 5.28. The Bertz CT molecular complexity index is 533. The number of rotatable bonds is 4. The molecule has 114 valence electrons. The van der Waals surface area contributed by atoms with Crippen LogP contribution in [0, 0.1) is 5.82 Å². The normalized spacial score (nSPS) is 21.1. The van der Waals surface area contributed by atoms with Crippen LogP contribution in [0.15, 0.2) is 24.3 Å². The number of carbonyl (C=O) groups is 2. The van der Waals surface area contributed by atoms with Crippen molar-refractivity contribution in [1.29, 1.82) is 0 Å². The minimum Gasteiger partial charge on any atom is -0.363 e. The molecule has 2 amide bonds. The standard InChI is InChI=1S/C15H19FN2O3/c1-18(2)15(20)13-7-6-12(21-13)9-17-14(19)10-4-3-5-11(16)8-10/h3-5,8,12-13H,6-7,9H2,1-2H3,(H,17,19)/t12-,13+/m1/s1. The topological polar surface area (TPSA) is 58.6 Å². The van der Waals surface area contributed by atoms with E-state index in [9.17, 15) is 14.0 Å². The molecule has 0 radical (unpaired) electrons. The van der Waals surface area contributed by atoms with Crippen molar-refractivity contribution >= 4 is 11.8 Å². The van der Waals surface area contributed by atoms with Crippen molar-refractivity contribution < 1.29 is 18.7 Å². The number of carbonyl (C=O) groups excluding carboxylic acids is 2. The molecule has 0 aliphatic carbocycles. The minimum absolute atomic E-state index is 0.0612. The molecule has 1 aromatic carbocycles. The third-order valence-electron chi connectivity index (χ3n) is 3.40. The number of amides is 2. The van der Waals surface area contributed by atoms with Crippen molar-refractivity contribution in [2.45, 2.75) is 25.0 Å². The molecule has 2 rings (SSSR count). The summed E-state index contributed by atoms with van der Waals surface area (Å²) in [6.45, 7) is 0.312. The molecule has 0 bridgehead atoms. The summed E-state index contributed by atoms with van der Waals surface area (Å²) in [5, 5.41) is 2.70. The third-order valence-corrected chi connectivity index (χ3v) is 3.40. The SMILES string of the molecule is CN(C)C(=O)[C@@H]1CC[C@H](CNC(=O)c2cccc(F)c2)O1. The van der Waals surface area contributed by atoms with Gasteiger partial charge >= 0.3 is 0 Å². The van der Waals surface area contributed by atoms with Crippen LogP contribution in [0.25, 0.3) is 0 Å². The monoisotopic (exact) mass is 294 g/mol. The molecule has 5 nitrogen and oxygen atoms in total. The molecule has 0 spiro atoms. The first-order chi connectivity index (χ1) is 9.97. The Morgan fingerprint density at radius 1 is 1.38 bits per heavy atom. The van der Waals surface area contributed by atoms with Gasteiger partial charge in [0.25, 0.3) is 11.8 Å². The molecular weight excluding hydrogens is 275 g/mol. The van der Waals surface area contributed by atoms with E-state index in [0.29, 0.717) is 19.4 Å². The fraction of sp³-hybridized carbons (Fsp3) is 0.467. The van der Waals surface area contributed by atoms with Gasteiger partial charge in [0.2, 0.25) is 0 Å². The lowest BCUT2D eigenvalue weighted by Gasteiger charge is -2.17. The molecule has 1 aliphatic heterocycles. The Hall–Kier alpha value is -1.95. The lowest BCUT2D eigenvalue weighted by Crippen LogP contribution is -2.36. The first kappa shape index (κ1) is 15.4. The summed E-state index contributed by atoms with van der Waals surface area (Å²) < 4.78 is 18.7. The van der Waals surface area contributed by atoms with Gasteiger partial charge in [0.15, 0.2) is 0 Å². The Balaban J connectivity index is 1.82. The number of benzene rings is 1. The zero-order valence-corrected chi connectivity index (χ0v) is 12.1. The summed E-state index contributed by atoms with van der Waals surface area (Å²) in [6, 6.07) is 5.51. The van der Waals surface area contributed by atoms with Gasteiger partial charge in [0.05, 0.1) is 6.10 Å². The number of likely N-dealkylation sites (N-methyl/N-ethyl adjacent to an activating group) is 1. The largest absolute Gasteiger partial charge is 0.363 e. The Morgan fingerprint density at radius 2 is 2.14 bits per heavy atom. The van der Waals surface area contributed by atoms with E-state index in [0.717, 1.165) is 0 Å². The molecular formula is C15H19FN2O3. The van der Waals surface area contributed by atoms with Crippen LogP contribution in [0.3, 0.4) is 0 Å². The lowest BCUT2D eigenvalue weighted by molar-refractivity contribution is -0.140. The maximum Gasteiger partial charge on any atom is 0.251 e. The highest BCUT2D eigenvalue weighted by Gasteiger charge is 2.31. The summed E-state index contributed by atoms with van der Waals surface area (Å²) in [4.78, 5) is 25.1. The van der Waals surface area contributed by atoms with Crippen LogP contribution in [-0.4, -0.2) is 49.6 Å². The first-order valence-corrected chi connectivity index (χ1v) is 6.88.